The lowest BCUT2D eigenvalue weighted by Crippen LogP contribution is -2.23. The van der Waals surface area contributed by atoms with E-state index in [9.17, 15) is 13.2 Å². The fourth-order valence-corrected chi connectivity index (χ4v) is 1.81. The fourth-order valence-electron chi connectivity index (χ4n) is 1.81. The molecular formula is C15H22F3NO. The lowest BCUT2D eigenvalue weighted by molar-refractivity contribution is -0.274. The van der Waals surface area contributed by atoms with Crippen LogP contribution in [-0.2, 0) is 0 Å². The number of nitrogens with two attached hydrogens (primary N) is 1. The molecule has 5 heteroatoms. The van der Waals surface area contributed by atoms with E-state index in [-0.39, 0.29) is 17.2 Å². The van der Waals surface area contributed by atoms with Crippen molar-refractivity contribution in [3.8, 4) is 5.75 Å². The van der Waals surface area contributed by atoms with E-state index in [4.69, 9.17) is 5.73 Å². The second kappa shape index (κ2) is 6.04. The van der Waals surface area contributed by atoms with Crippen LogP contribution in [0.3, 0.4) is 0 Å². The largest absolute Gasteiger partial charge is 0.573 e. The standard InChI is InChI=1S/C15H22F3NO/c1-10(14(2,3)4)8-13(19)11-6-5-7-12(9-11)20-15(16,17)18/h5-7,9-10,13H,8,19H2,1-4H3. The van der Waals surface area contributed by atoms with Crippen molar-refractivity contribution in [1.82, 2.24) is 0 Å². The van der Waals surface area contributed by atoms with E-state index >= 15 is 0 Å². The predicted molar refractivity (Wildman–Crippen MR) is 73.3 cm³/mol. The van der Waals surface area contributed by atoms with Gasteiger partial charge in [-0.1, -0.05) is 39.8 Å². The van der Waals surface area contributed by atoms with E-state index in [0.717, 1.165) is 0 Å². The molecule has 0 saturated carbocycles. The van der Waals surface area contributed by atoms with Gasteiger partial charge in [0.15, 0.2) is 0 Å². The van der Waals surface area contributed by atoms with Gasteiger partial charge in [0, 0.05) is 6.04 Å². The van der Waals surface area contributed by atoms with Gasteiger partial charge in [-0.05, 0) is 35.4 Å². The van der Waals surface area contributed by atoms with Crippen LogP contribution in [0.15, 0.2) is 24.3 Å². The molecule has 0 fully saturated rings. The van der Waals surface area contributed by atoms with Crippen molar-refractivity contribution in [2.75, 3.05) is 0 Å². The molecule has 0 amide bonds. The van der Waals surface area contributed by atoms with Crippen LogP contribution in [0, 0.1) is 11.3 Å². The van der Waals surface area contributed by atoms with Gasteiger partial charge in [-0.3, -0.25) is 0 Å². The SMILES string of the molecule is CC(CC(N)c1cccc(OC(F)(F)F)c1)C(C)(C)C. The first-order chi connectivity index (χ1) is 8.99. The maximum Gasteiger partial charge on any atom is 0.573 e. The molecule has 0 heterocycles. The molecule has 0 saturated heterocycles. The highest BCUT2D eigenvalue weighted by molar-refractivity contribution is 5.30. The molecule has 0 aliphatic heterocycles. The minimum atomic E-state index is -4.68. The van der Waals surface area contributed by atoms with E-state index in [0.29, 0.717) is 17.9 Å². The molecule has 2 unspecified atom stereocenters. The topological polar surface area (TPSA) is 35.2 Å². The van der Waals surface area contributed by atoms with Crippen LogP contribution in [0.5, 0.6) is 5.75 Å². The predicted octanol–water partition coefficient (Wildman–Crippen LogP) is 4.66. The normalized spacial score (nSPS) is 15.8. The molecule has 0 spiro atoms. The van der Waals surface area contributed by atoms with E-state index in [2.05, 4.69) is 32.4 Å². The lowest BCUT2D eigenvalue weighted by atomic mass is 9.78. The van der Waals surface area contributed by atoms with Crippen molar-refractivity contribution in [2.45, 2.75) is 46.5 Å². The first kappa shape index (κ1) is 16.8. The Morgan fingerprint density at radius 1 is 1.20 bits per heavy atom. The van der Waals surface area contributed by atoms with Gasteiger partial charge in [0.2, 0.25) is 0 Å². The number of halogens is 3. The monoisotopic (exact) mass is 289 g/mol. The number of ether oxygens (including phenoxy) is 1. The van der Waals surface area contributed by atoms with Crippen LogP contribution in [0.2, 0.25) is 0 Å². The van der Waals surface area contributed by atoms with Crippen LogP contribution < -0.4 is 10.5 Å². The summed E-state index contributed by atoms with van der Waals surface area (Å²) in [6.45, 7) is 8.45. The van der Waals surface area contributed by atoms with E-state index < -0.39 is 6.36 Å². The van der Waals surface area contributed by atoms with E-state index in [1.165, 1.54) is 18.2 Å². The molecule has 0 radical (unpaired) electrons. The van der Waals surface area contributed by atoms with Crippen molar-refractivity contribution in [3.05, 3.63) is 29.8 Å². The third-order valence-electron chi connectivity index (χ3n) is 3.61. The van der Waals surface area contributed by atoms with Crippen molar-refractivity contribution in [2.24, 2.45) is 17.1 Å². The Bertz CT molecular complexity index is 437. The molecule has 2 nitrogen and oxygen atoms in total. The third-order valence-corrected chi connectivity index (χ3v) is 3.61. The third kappa shape index (κ3) is 5.41. The molecule has 0 aliphatic carbocycles. The van der Waals surface area contributed by atoms with Crippen molar-refractivity contribution < 1.29 is 17.9 Å². The highest BCUT2D eigenvalue weighted by Gasteiger charge is 2.31. The highest BCUT2D eigenvalue weighted by atomic mass is 19.4. The van der Waals surface area contributed by atoms with Crippen LogP contribution in [0.25, 0.3) is 0 Å². The number of alkyl halides is 3. The molecule has 1 aromatic rings. The minimum Gasteiger partial charge on any atom is -0.406 e. The van der Waals surface area contributed by atoms with Gasteiger partial charge in [0.1, 0.15) is 5.75 Å². The zero-order valence-corrected chi connectivity index (χ0v) is 12.3. The summed E-state index contributed by atoms with van der Waals surface area (Å²) in [5.41, 5.74) is 6.85. The summed E-state index contributed by atoms with van der Waals surface area (Å²) in [6.07, 6.45) is -3.97. The molecule has 0 aromatic heterocycles. The molecule has 0 bridgehead atoms. The number of benzene rings is 1. The van der Waals surface area contributed by atoms with Gasteiger partial charge in [-0.25, -0.2) is 0 Å². The molecule has 0 aliphatic rings. The van der Waals surface area contributed by atoms with Crippen LogP contribution in [0.1, 0.15) is 45.7 Å². The smallest absolute Gasteiger partial charge is 0.406 e. The van der Waals surface area contributed by atoms with Gasteiger partial charge in [0.05, 0.1) is 0 Å². The average molecular weight is 289 g/mol. The molecular weight excluding hydrogens is 267 g/mol. The Labute approximate surface area is 118 Å². The number of rotatable bonds is 4. The summed E-state index contributed by atoms with van der Waals surface area (Å²) in [5.74, 6) is 0.124. The Morgan fingerprint density at radius 3 is 2.30 bits per heavy atom. The summed E-state index contributed by atoms with van der Waals surface area (Å²) in [7, 11) is 0. The summed E-state index contributed by atoms with van der Waals surface area (Å²) in [4.78, 5) is 0. The van der Waals surface area contributed by atoms with Gasteiger partial charge in [-0.15, -0.1) is 13.2 Å². The van der Waals surface area contributed by atoms with Crippen LogP contribution >= 0.6 is 0 Å². The summed E-state index contributed by atoms with van der Waals surface area (Å²) in [5, 5.41) is 0. The van der Waals surface area contributed by atoms with Gasteiger partial charge in [-0.2, -0.15) is 0 Å². The van der Waals surface area contributed by atoms with E-state index in [1.54, 1.807) is 6.07 Å². The van der Waals surface area contributed by atoms with Crippen molar-refractivity contribution in [3.63, 3.8) is 0 Å². The fraction of sp³-hybridized carbons (Fsp3) is 0.600. The van der Waals surface area contributed by atoms with Gasteiger partial charge >= 0.3 is 6.36 Å². The van der Waals surface area contributed by atoms with Gasteiger partial charge < -0.3 is 10.5 Å². The minimum absolute atomic E-state index is 0.109. The highest BCUT2D eigenvalue weighted by Crippen LogP contribution is 2.33. The van der Waals surface area contributed by atoms with Crippen molar-refractivity contribution >= 4 is 0 Å². The molecule has 114 valence electrons. The first-order valence-electron chi connectivity index (χ1n) is 6.60. The molecule has 1 aromatic carbocycles. The molecule has 20 heavy (non-hydrogen) atoms. The first-order valence-corrected chi connectivity index (χ1v) is 6.60. The maximum atomic E-state index is 12.2. The summed E-state index contributed by atoms with van der Waals surface area (Å²) >= 11 is 0. The zero-order valence-electron chi connectivity index (χ0n) is 12.3. The Balaban J connectivity index is 2.79. The quantitative estimate of drug-likeness (QED) is 0.875. The van der Waals surface area contributed by atoms with Crippen molar-refractivity contribution in [1.29, 1.82) is 0 Å². The van der Waals surface area contributed by atoms with E-state index in [1.807, 2.05) is 0 Å². The summed E-state index contributed by atoms with van der Waals surface area (Å²) < 4.78 is 40.5. The van der Waals surface area contributed by atoms with Crippen LogP contribution in [0.4, 0.5) is 13.2 Å². The lowest BCUT2D eigenvalue weighted by Gasteiger charge is -2.29. The number of hydrogen-bond donors (Lipinski definition) is 1. The van der Waals surface area contributed by atoms with Crippen LogP contribution in [-0.4, -0.2) is 6.36 Å². The second-order valence-corrected chi connectivity index (χ2v) is 6.23. The Hall–Kier alpha value is -1.23. The Morgan fingerprint density at radius 2 is 1.80 bits per heavy atom. The summed E-state index contributed by atoms with van der Waals surface area (Å²) in [6, 6.07) is 5.58. The zero-order chi connectivity index (χ0) is 15.6. The maximum absolute atomic E-state index is 12.2. The number of hydrogen-bond acceptors (Lipinski definition) is 2. The molecule has 2 atom stereocenters. The molecule has 2 N–H and O–H groups in total. The second-order valence-electron chi connectivity index (χ2n) is 6.23. The van der Waals surface area contributed by atoms with Gasteiger partial charge in [0.25, 0.3) is 0 Å². The molecule has 1 rings (SSSR count). The average Bonchev–Trinajstić information content (AvgIpc) is 2.25. The Kier molecular flexibility index (Phi) is 5.08.